The molecule has 2 saturated heterocycles. The molecule has 5 heteroatoms. The van der Waals surface area contributed by atoms with E-state index < -0.39 is 0 Å². The molecule has 3 heterocycles. The van der Waals surface area contributed by atoms with Gasteiger partial charge in [-0.15, -0.1) is 11.8 Å². The van der Waals surface area contributed by atoms with Gasteiger partial charge in [0, 0.05) is 37.0 Å². The van der Waals surface area contributed by atoms with E-state index in [1.807, 2.05) is 28.8 Å². The van der Waals surface area contributed by atoms with E-state index in [4.69, 9.17) is 4.74 Å². The van der Waals surface area contributed by atoms with Gasteiger partial charge in [0.25, 0.3) is 0 Å². The number of likely N-dealkylation sites (tertiary alicyclic amines) is 1. The lowest BCUT2D eigenvalue weighted by molar-refractivity contribution is -0.132. The summed E-state index contributed by atoms with van der Waals surface area (Å²) in [7, 11) is 0. The van der Waals surface area contributed by atoms with Crippen molar-refractivity contribution < 1.29 is 9.53 Å². The van der Waals surface area contributed by atoms with Crippen LogP contribution < -0.4 is 4.74 Å². The van der Waals surface area contributed by atoms with Gasteiger partial charge in [0.1, 0.15) is 11.9 Å². The number of amides is 1. The van der Waals surface area contributed by atoms with Crippen LogP contribution in [0.4, 0.5) is 0 Å². The second-order valence-corrected chi connectivity index (χ2v) is 7.90. The van der Waals surface area contributed by atoms with Crippen LogP contribution in [0, 0.1) is 0 Å². The van der Waals surface area contributed by atoms with Gasteiger partial charge in [0.05, 0.1) is 10.9 Å². The largest absolute Gasteiger partial charge is 0.488 e. The lowest BCUT2D eigenvalue weighted by Gasteiger charge is -2.47. The first-order valence-corrected chi connectivity index (χ1v) is 8.92. The van der Waals surface area contributed by atoms with Crippen molar-refractivity contribution in [2.45, 2.75) is 36.5 Å². The number of hydrogen-bond acceptors (Lipinski definition) is 4. The molecule has 0 radical (unpaired) electrons. The number of aromatic nitrogens is 1. The molecule has 116 valence electrons. The first-order valence-electron chi connectivity index (χ1n) is 7.93. The Morgan fingerprint density at radius 1 is 1.45 bits per heavy atom. The zero-order valence-corrected chi connectivity index (χ0v) is 13.3. The monoisotopic (exact) mass is 316 g/mol. The number of ether oxygens (including phenoxy) is 1. The van der Waals surface area contributed by atoms with Crippen molar-refractivity contribution in [3.63, 3.8) is 0 Å². The molecule has 1 aromatic rings. The van der Waals surface area contributed by atoms with Gasteiger partial charge in [-0.05, 0) is 31.4 Å². The number of rotatable bonds is 3. The molecule has 2 fully saturated rings. The van der Waals surface area contributed by atoms with E-state index in [9.17, 15) is 4.79 Å². The van der Waals surface area contributed by atoms with E-state index in [2.05, 4.69) is 11.1 Å². The molecule has 0 N–H and O–H groups in total. The number of carbonyl (C=O) groups is 1. The maximum Gasteiger partial charge on any atom is 0.249 e. The first-order chi connectivity index (χ1) is 10.7. The van der Waals surface area contributed by atoms with Crippen LogP contribution in [0.25, 0.3) is 0 Å². The molecule has 1 aliphatic carbocycles. The highest BCUT2D eigenvalue weighted by Crippen LogP contribution is 2.46. The van der Waals surface area contributed by atoms with Gasteiger partial charge >= 0.3 is 0 Å². The van der Waals surface area contributed by atoms with Crippen LogP contribution in [-0.4, -0.2) is 45.5 Å². The van der Waals surface area contributed by atoms with Crippen molar-refractivity contribution in [1.29, 1.82) is 0 Å². The number of carbonyl (C=O) groups excluding carboxylic acids is 1. The predicted molar refractivity (Wildman–Crippen MR) is 87.0 cm³/mol. The van der Waals surface area contributed by atoms with Crippen LogP contribution in [-0.2, 0) is 4.79 Å². The summed E-state index contributed by atoms with van der Waals surface area (Å²) >= 11 is 1.96. The molecule has 1 unspecified atom stereocenters. The number of hydrogen-bond donors (Lipinski definition) is 0. The molecule has 0 bridgehead atoms. The Morgan fingerprint density at radius 3 is 3.09 bits per heavy atom. The third-order valence-electron chi connectivity index (χ3n) is 4.67. The molecular formula is C17H20N2O2S. The molecule has 3 aliphatic rings. The highest BCUT2D eigenvalue weighted by atomic mass is 32.2. The quantitative estimate of drug-likeness (QED) is 0.860. The Bertz CT molecular complexity index is 596. The minimum atomic E-state index is 0.224. The molecule has 1 aromatic heterocycles. The van der Waals surface area contributed by atoms with E-state index >= 15 is 0 Å². The van der Waals surface area contributed by atoms with Gasteiger partial charge in [-0.25, -0.2) is 0 Å². The van der Waals surface area contributed by atoms with Crippen LogP contribution in [0.5, 0.6) is 5.75 Å². The van der Waals surface area contributed by atoms with Gasteiger partial charge in [0.15, 0.2) is 0 Å². The highest BCUT2D eigenvalue weighted by molar-refractivity contribution is 8.01. The average molecular weight is 316 g/mol. The van der Waals surface area contributed by atoms with Gasteiger partial charge in [-0.1, -0.05) is 6.08 Å². The molecule has 1 atom stereocenters. The molecular weight excluding hydrogens is 296 g/mol. The van der Waals surface area contributed by atoms with Crippen molar-refractivity contribution >= 4 is 17.7 Å². The number of nitrogens with zero attached hydrogens (tertiary/aromatic N) is 2. The minimum Gasteiger partial charge on any atom is -0.488 e. The van der Waals surface area contributed by atoms with Crippen molar-refractivity contribution in [2.24, 2.45) is 0 Å². The van der Waals surface area contributed by atoms with Crippen molar-refractivity contribution in [3.8, 4) is 5.75 Å². The van der Waals surface area contributed by atoms with Crippen LogP contribution in [0.3, 0.4) is 0 Å². The lowest BCUT2D eigenvalue weighted by atomic mass is 9.92. The van der Waals surface area contributed by atoms with Crippen LogP contribution in [0.1, 0.15) is 25.7 Å². The van der Waals surface area contributed by atoms with E-state index in [0.29, 0.717) is 0 Å². The third kappa shape index (κ3) is 2.62. The fourth-order valence-corrected chi connectivity index (χ4v) is 5.09. The second-order valence-electron chi connectivity index (χ2n) is 6.41. The van der Waals surface area contributed by atoms with Crippen LogP contribution in [0.15, 0.2) is 36.2 Å². The lowest BCUT2D eigenvalue weighted by Crippen LogP contribution is -2.61. The molecule has 0 aromatic carbocycles. The molecule has 1 amide bonds. The molecule has 2 aliphatic heterocycles. The van der Waals surface area contributed by atoms with Gasteiger partial charge in [-0.3, -0.25) is 9.78 Å². The topological polar surface area (TPSA) is 42.4 Å². The fourth-order valence-electron chi connectivity index (χ4n) is 3.57. The summed E-state index contributed by atoms with van der Waals surface area (Å²) < 4.78 is 6.23. The summed E-state index contributed by atoms with van der Waals surface area (Å²) in [6, 6.07) is 3.85. The highest BCUT2D eigenvalue weighted by Gasteiger charge is 2.51. The number of pyridine rings is 1. The molecule has 4 nitrogen and oxygen atoms in total. The smallest absolute Gasteiger partial charge is 0.249 e. The Labute approximate surface area is 134 Å². The van der Waals surface area contributed by atoms with E-state index in [0.717, 1.165) is 55.8 Å². The van der Waals surface area contributed by atoms with Crippen molar-refractivity contribution in [2.75, 3.05) is 18.8 Å². The van der Waals surface area contributed by atoms with Gasteiger partial charge < -0.3 is 9.64 Å². The zero-order chi connectivity index (χ0) is 15.0. The first kappa shape index (κ1) is 14.1. The van der Waals surface area contributed by atoms with E-state index in [1.165, 1.54) is 0 Å². The molecule has 0 saturated carbocycles. The summed E-state index contributed by atoms with van der Waals surface area (Å²) in [5.74, 6) is 2.11. The summed E-state index contributed by atoms with van der Waals surface area (Å²) in [6.45, 7) is 1.75. The van der Waals surface area contributed by atoms with Crippen LogP contribution in [0.2, 0.25) is 0 Å². The zero-order valence-electron chi connectivity index (χ0n) is 12.5. The third-order valence-corrected chi connectivity index (χ3v) is 6.25. The Morgan fingerprint density at radius 2 is 2.36 bits per heavy atom. The minimum absolute atomic E-state index is 0.224. The average Bonchev–Trinajstić information content (AvgIpc) is 3.16. The standard InChI is InChI=1S/C17H20N2O2S/c20-16(13-4-1-2-5-13)19-11-17(12-19)8-15(10-22-17)21-14-6-3-7-18-9-14/h3-4,6-7,9,15H,1-2,5,8,10-12H2. The summed E-state index contributed by atoms with van der Waals surface area (Å²) in [5, 5.41) is 0. The van der Waals surface area contributed by atoms with Crippen molar-refractivity contribution in [3.05, 3.63) is 36.2 Å². The second kappa shape index (κ2) is 5.61. The maximum atomic E-state index is 12.3. The van der Waals surface area contributed by atoms with Crippen molar-refractivity contribution in [1.82, 2.24) is 9.88 Å². The summed E-state index contributed by atoms with van der Waals surface area (Å²) in [5.41, 5.74) is 1.03. The molecule has 1 spiro atoms. The van der Waals surface area contributed by atoms with E-state index in [-0.39, 0.29) is 16.8 Å². The normalized spacial score (nSPS) is 25.9. The fraction of sp³-hybridized carbons (Fsp3) is 0.529. The Hall–Kier alpha value is -1.49. The summed E-state index contributed by atoms with van der Waals surface area (Å²) in [4.78, 5) is 18.4. The number of allylic oxidation sites excluding steroid dienone is 1. The maximum absolute atomic E-state index is 12.3. The predicted octanol–water partition coefficient (Wildman–Crippen LogP) is 2.66. The molecule has 22 heavy (non-hydrogen) atoms. The molecule has 4 rings (SSSR count). The van der Waals surface area contributed by atoms with Gasteiger partial charge in [0.2, 0.25) is 5.91 Å². The SMILES string of the molecule is O=C(C1=CCCC1)N1CC2(CC(Oc3cccnc3)CS2)C1. The summed E-state index contributed by atoms with van der Waals surface area (Å²) in [6.07, 6.45) is 10.0. The van der Waals surface area contributed by atoms with Gasteiger partial charge in [-0.2, -0.15) is 0 Å². The van der Waals surface area contributed by atoms with Crippen LogP contribution >= 0.6 is 11.8 Å². The Kier molecular flexibility index (Phi) is 3.60. The van der Waals surface area contributed by atoms with E-state index in [1.54, 1.807) is 12.4 Å². The Balaban J connectivity index is 1.31. The number of thioether (sulfide) groups is 1.